The maximum Gasteiger partial charge on any atom is 0.460 e. The summed E-state index contributed by atoms with van der Waals surface area (Å²) in [6, 6.07) is 5.25. The average Bonchev–Trinajstić information content (AvgIpc) is 3.17. The number of alkyl halides is 15. The lowest BCUT2D eigenvalue weighted by Gasteiger charge is -2.31. The number of rotatable bonds is 6. The summed E-state index contributed by atoms with van der Waals surface area (Å²) >= 11 is 0. The molecule has 0 N–H and O–H groups in total. The van der Waals surface area contributed by atoms with Gasteiger partial charge in [-0.1, -0.05) is 29.4 Å². The zero-order valence-corrected chi connectivity index (χ0v) is 20.2. The number of hydrogen-bond acceptors (Lipinski definition) is 4. The van der Waals surface area contributed by atoms with Crippen LogP contribution < -0.4 is 0 Å². The van der Waals surface area contributed by atoms with Gasteiger partial charge in [0.05, 0.1) is 16.8 Å². The Kier molecular flexibility index (Phi) is 7.42. The molecule has 2 aromatic rings. The highest BCUT2D eigenvalue weighted by atomic mass is 32.2. The first kappa shape index (κ1) is 32.3. The van der Waals surface area contributed by atoms with Crippen molar-refractivity contribution >= 4 is 15.8 Å². The molecule has 0 aromatic heterocycles. The van der Waals surface area contributed by atoms with Crippen LogP contribution in [0.2, 0.25) is 0 Å². The Morgan fingerprint density at radius 1 is 0.780 bits per heavy atom. The maximum atomic E-state index is 14.1. The van der Waals surface area contributed by atoms with Crippen molar-refractivity contribution in [3.63, 3.8) is 0 Å². The summed E-state index contributed by atoms with van der Waals surface area (Å²) in [7, 11) is -7.73. The molecule has 0 unspecified atom stereocenters. The summed E-state index contributed by atoms with van der Waals surface area (Å²) in [4.78, 5) is 0. The van der Waals surface area contributed by atoms with Crippen LogP contribution >= 0.6 is 0 Å². The molecule has 0 heterocycles. The number of nitrogens with zero attached hydrogens (tertiary/aromatic N) is 1. The predicted molar refractivity (Wildman–Crippen MR) is 108 cm³/mol. The lowest BCUT2D eigenvalue weighted by atomic mass is 9.88. The fraction of sp³-hybridized carbons (Fsp3) is 0.381. The monoisotopic (exact) mass is 641 g/mol. The Morgan fingerprint density at radius 2 is 1.32 bits per heavy atom. The number of oxime groups is 1. The van der Waals surface area contributed by atoms with Crippen molar-refractivity contribution in [1.29, 1.82) is 0 Å². The van der Waals surface area contributed by atoms with Crippen molar-refractivity contribution in [3.8, 4) is 11.1 Å². The van der Waals surface area contributed by atoms with Crippen LogP contribution in [0.15, 0.2) is 35.5 Å². The van der Waals surface area contributed by atoms with E-state index >= 15 is 0 Å². The Balaban J connectivity index is 2.23. The third-order valence-electron chi connectivity index (χ3n) is 5.76. The van der Waals surface area contributed by atoms with Crippen LogP contribution in [-0.4, -0.2) is 37.4 Å². The van der Waals surface area contributed by atoms with Gasteiger partial charge < -0.3 is 0 Å². The quantitative estimate of drug-likeness (QED) is 0.157. The molecule has 0 amide bonds. The van der Waals surface area contributed by atoms with E-state index in [4.69, 9.17) is 0 Å². The van der Waals surface area contributed by atoms with Gasteiger partial charge in [0.25, 0.3) is 0 Å². The van der Waals surface area contributed by atoms with Crippen molar-refractivity contribution in [2.45, 2.75) is 49.0 Å². The molecule has 0 bridgehead atoms. The van der Waals surface area contributed by atoms with E-state index in [0.717, 1.165) is 0 Å². The number of fused-ring (bicyclic) bond motifs is 3. The zero-order valence-electron chi connectivity index (χ0n) is 19.3. The lowest BCUT2D eigenvalue weighted by Crippen LogP contribution is -2.63. The van der Waals surface area contributed by atoms with E-state index < -0.39 is 85.7 Å². The molecule has 0 saturated carbocycles. The van der Waals surface area contributed by atoms with Crippen molar-refractivity contribution < 1.29 is 78.6 Å². The van der Waals surface area contributed by atoms with Gasteiger partial charge in [-0.2, -0.15) is 74.3 Å². The molecule has 1 aliphatic carbocycles. The van der Waals surface area contributed by atoms with Gasteiger partial charge in [0.2, 0.25) is 0 Å². The van der Waals surface area contributed by atoms with E-state index in [2.05, 4.69) is 9.44 Å². The van der Waals surface area contributed by atoms with Crippen LogP contribution in [0.3, 0.4) is 0 Å². The molecule has 0 spiro atoms. The minimum atomic E-state index is -7.78. The van der Waals surface area contributed by atoms with E-state index in [-0.39, 0.29) is 24.1 Å². The third kappa shape index (κ3) is 5.07. The molecule has 0 fully saturated rings. The zero-order chi connectivity index (χ0) is 31.8. The number of benzene rings is 2. The van der Waals surface area contributed by atoms with E-state index in [0.29, 0.717) is 0 Å². The van der Waals surface area contributed by atoms with Gasteiger partial charge in [-0.05, 0) is 41.7 Å². The Bertz CT molecular complexity index is 1500. The first-order valence-corrected chi connectivity index (χ1v) is 11.7. The van der Waals surface area contributed by atoms with E-state index in [1.165, 1.54) is 24.3 Å². The van der Waals surface area contributed by atoms with Gasteiger partial charge in [-0.3, -0.25) is 4.28 Å². The first-order valence-electron chi connectivity index (χ1n) is 10.3. The molecule has 2 aromatic carbocycles. The minimum Gasteiger partial charge on any atom is -0.264 e. The molecule has 0 aliphatic heterocycles. The second-order valence-corrected chi connectivity index (χ2v) is 9.97. The van der Waals surface area contributed by atoms with Crippen LogP contribution in [0.1, 0.15) is 34.7 Å². The van der Waals surface area contributed by atoms with Crippen molar-refractivity contribution in [2.24, 2.45) is 5.16 Å². The summed E-state index contributed by atoms with van der Waals surface area (Å²) in [5, 5.41) is -5.35. The highest BCUT2D eigenvalue weighted by molar-refractivity contribution is 7.87. The van der Waals surface area contributed by atoms with E-state index in [1.807, 2.05) is 0 Å². The van der Waals surface area contributed by atoms with Gasteiger partial charge in [-0.25, -0.2) is 0 Å². The predicted octanol–water partition coefficient (Wildman–Crippen LogP) is 7.79. The highest BCUT2D eigenvalue weighted by Crippen LogP contribution is 2.55. The van der Waals surface area contributed by atoms with Crippen LogP contribution in [0.4, 0.5) is 65.9 Å². The van der Waals surface area contributed by atoms with Crippen molar-refractivity contribution in [1.82, 2.24) is 0 Å². The third-order valence-corrected chi connectivity index (χ3v) is 6.92. The molecular weight excluding hydrogens is 631 g/mol. The van der Waals surface area contributed by atoms with Gasteiger partial charge in [0.15, 0.2) is 0 Å². The molecule has 0 atom stereocenters. The molecular formula is C21H10F15NO3S. The average molecular weight is 641 g/mol. The van der Waals surface area contributed by atoms with Gasteiger partial charge >= 0.3 is 45.7 Å². The number of hydrogen-bond donors (Lipinski definition) is 0. The Morgan fingerprint density at radius 3 is 1.80 bits per heavy atom. The molecule has 1 aliphatic rings. The maximum absolute atomic E-state index is 14.1. The Labute approximate surface area is 218 Å². The number of halogens is 15. The van der Waals surface area contributed by atoms with Gasteiger partial charge in [0, 0.05) is 5.56 Å². The second kappa shape index (κ2) is 9.41. The smallest absolute Gasteiger partial charge is 0.264 e. The molecule has 20 heteroatoms. The van der Waals surface area contributed by atoms with Crippen LogP contribution in [0.25, 0.3) is 11.1 Å². The topological polar surface area (TPSA) is 55.7 Å². The molecule has 0 radical (unpaired) electrons. The summed E-state index contributed by atoms with van der Waals surface area (Å²) in [6.07, 6.45) is -19.5. The summed E-state index contributed by atoms with van der Waals surface area (Å²) in [6.45, 7) is 0.129. The van der Waals surface area contributed by atoms with Gasteiger partial charge in [0.1, 0.15) is 0 Å². The van der Waals surface area contributed by atoms with Gasteiger partial charge in [-0.15, -0.1) is 0 Å². The van der Waals surface area contributed by atoms with Crippen molar-refractivity contribution in [3.05, 3.63) is 58.1 Å². The summed E-state index contributed by atoms with van der Waals surface area (Å²) in [5.41, 5.74) is -9.49. The van der Waals surface area contributed by atoms with Crippen LogP contribution in [-0.2, 0) is 33.2 Å². The van der Waals surface area contributed by atoms with Crippen LogP contribution in [0.5, 0.6) is 0 Å². The Hall–Kier alpha value is -3.19. The summed E-state index contributed by atoms with van der Waals surface area (Å²) in [5.74, 6) is -15.5. The summed E-state index contributed by atoms with van der Waals surface area (Å²) < 4.78 is 228. The SMILES string of the molecule is C/C(=N\OS(=O)(=O)C(F)(F)C(F)(F)C(F)(F)C(F)(F)F)c1c(C(F)(F)F)cc2c(c1C(F)(F)F)Cc1ccccc1-2. The molecule has 4 nitrogen and oxygen atoms in total. The largest absolute Gasteiger partial charge is 0.460 e. The molecule has 41 heavy (non-hydrogen) atoms. The fourth-order valence-corrected chi connectivity index (χ4v) is 4.65. The lowest BCUT2D eigenvalue weighted by molar-refractivity contribution is -0.382. The second-order valence-electron chi connectivity index (χ2n) is 8.40. The fourth-order valence-electron chi connectivity index (χ4n) is 3.90. The van der Waals surface area contributed by atoms with E-state index in [1.54, 1.807) is 0 Å². The molecule has 3 rings (SSSR count). The highest BCUT2D eigenvalue weighted by Gasteiger charge is 2.86. The first-order chi connectivity index (χ1) is 18.2. The normalized spacial score (nSPS) is 15.6. The van der Waals surface area contributed by atoms with Crippen LogP contribution in [0, 0.1) is 0 Å². The standard InChI is InChI=1S/C21H10F15NO3S/c1-8(37-40-41(38,39)21(35,36)19(30,31)18(28,29)20(32,33)34)14-13(16(22,23)24)7-11-10-5-3-2-4-9(10)6-12(11)15(14)17(25,26)27/h2-5,7H,6H2,1H3/b37-8+. The minimum absolute atomic E-state index is 0.0639. The molecule has 228 valence electrons. The molecule has 0 saturated heterocycles. The van der Waals surface area contributed by atoms with E-state index in [9.17, 15) is 74.3 Å². The van der Waals surface area contributed by atoms with Crippen molar-refractivity contribution in [2.75, 3.05) is 0 Å².